The van der Waals surface area contributed by atoms with Crippen molar-refractivity contribution in [2.24, 2.45) is 0 Å². The van der Waals surface area contributed by atoms with Crippen LogP contribution >= 0.6 is 24.8 Å². The third-order valence-corrected chi connectivity index (χ3v) is 3.40. The summed E-state index contributed by atoms with van der Waals surface area (Å²) < 4.78 is 5.34. The van der Waals surface area contributed by atoms with Gasteiger partial charge in [0, 0.05) is 31.9 Å². The first-order chi connectivity index (χ1) is 9.72. The zero-order valence-electron chi connectivity index (χ0n) is 12.9. The molecule has 1 aliphatic heterocycles. The molecular weight excluding hydrogens is 327 g/mol. The number of amides is 1. The number of ether oxygens (including phenoxy) is 1. The van der Waals surface area contributed by atoms with Crippen LogP contribution in [0.4, 0.5) is 5.82 Å². The summed E-state index contributed by atoms with van der Waals surface area (Å²) >= 11 is 0. The second kappa shape index (κ2) is 10.6. The summed E-state index contributed by atoms with van der Waals surface area (Å²) in [5.41, 5.74) is 0.623. The van der Waals surface area contributed by atoms with Gasteiger partial charge in [0.2, 0.25) is 0 Å². The summed E-state index contributed by atoms with van der Waals surface area (Å²) in [5, 5.41) is 6.02. The molecule has 0 aromatic carbocycles. The lowest BCUT2D eigenvalue weighted by atomic mass is 10.2. The number of nitrogens with zero attached hydrogens (tertiary/aromatic N) is 2. The van der Waals surface area contributed by atoms with E-state index in [1.807, 2.05) is 20.0 Å². The number of aromatic nitrogens is 1. The number of pyridine rings is 1. The zero-order valence-corrected chi connectivity index (χ0v) is 14.5. The molecule has 2 N–H and O–H groups in total. The highest BCUT2D eigenvalue weighted by molar-refractivity contribution is 5.98. The highest BCUT2D eigenvalue weighted by Gasteiger charge is 2.19. The molecule has 1 unspecified atom stereocenters. The van der Waals surface area contributed by atoms with E-state index in [2.05, 4.69) is 20.5 Å². The van der Waals surface area contributed by atoms with Gasteiger partial charge < -0.3 is 20.3 Å². The van der Waals surface area contributed by atoms with Crippen molar-refractivity contribution in [3.8, 4) is 0 Å². The molecular formula is C14H24Cl2N4O2. The molecule has 1 aromatic rings. The standard InChI is InChI=1S/C14H22N4O2.2ClH/c1-11(15-2)10-17-14(19)12-4-3-5-16-13(12)18-6-8-20-9-7-18;;/h3-5,11,15H,6-10H2,1-2H3,(H,17,19);2*1H. The largest absolute Gasteiger partial charge is 0.378 e. The molecule has 22 heavy (non-hydrogen) atoms. The predicted octanol–water partition coefficient (Wildman–Crippen LogP) is 1.10. The fourth-order valence-electron chi connectivity index (χ4n) is 2.04. The van der Waals surface area contributed by atoms with E-state index < -0.39 is 0 Å². The van der Waals surface area contributed by atoms with E-state index in [9.17, 15) is 4.79 Å². The number of hydrogen-bond donors (Lipinski definition) is 2. The minimum Gasteiger partial charge on any atom is -0.378 e. The Kier molecular flexibility index (Phi) is 10.1. The maximum Gasteiger partial charge on any atom is 0.255 e. The second-order valence-corrected chi connectivity index (χ2v) is 4.87. The van der Waals surface area contributed by atoms with Crippen LogP contribution in [0, 0.1) is 0 Å². The molecule has 1 amide bonds. The Balaban J connectivity index is 0.00000220. The van der Waals surface area contributed by atoms with Crippen molar-refractivity contribution < 1.29 is 9.53 Å². The van der Waals surface area contributed by atoms with E-state index >= 15 is 0 Å². The second-order valence-electron chi connectivity index (χ2n) is 4.87. The van der Waals surface area contributed by atoms with E-state index in [1.165, 1.54) is 0 Å². The minimum atomic E-state index is -0.0818. The number of morpholine rings is 1. The summed E-state index contributed by atoms with van der Waals surface area (Å²) in [6, 6.07) is 3.85. The van der Waals surface area contributed by atoms with Crippen molar-refractivity contribution in [3.05, 3.63) is 23.9 Å². The molecule has 1 aliphatic rings. The number of hydrogen-bond acceptors (Lipinski definition) is 5. The molecule has 2 rings (SSSR count). The molecule has 8 heteroatoms. The number of rotatable bonds is 5. The highest BCUT2D eigenvalue weighted by atomic mass is 35.5. The van der Waals surface area contributed by atoms with E-state index in [0.29, 0.717) is 25.3 Å². The molecule has 126 valence electrons. The van der Waals surface area contributed by atoms with Gasteiger partial charge in [0.15, 0.2) is 0 Å². The monoisotopic (exact) mass is 350 g/mol. The highest BCUT2D eigenvalue weighted by Crippen LogP contribution is 2.18. The fraction of sp³-hybridized carbons (Fsp3) is 0.571. The van der Waals surface area contributed by atoms with Gasteiger partial charge in [-0.3, -0.25) is 4.79 Å². The van der Waals surface area contributed by atoms with E-state index in [4.69, 9.17) is 4.74 Å². The third-order valence-electron chi connectivity index (χ3n) is 3.40. The first-order valence-electron chi connectivity index (χ1n) is 6.95. The number of likely N-dealkylation sites (N-methyl/N-ethyl adjacent to an activating group) is 1. The Bertz CT molecular complexity index is 456. The van der Waals surface area contributed by atoms with Crippen molar-refractivity contribution in [1.29, 1.82) is 0 Å². The molecule has 0 spiro atoms. The number of halogens is 2. The van der Waals surface area contributed by atoms with Gasteiger partial charge in [-0.05, 0) is 26.1 Å². The smallest absolute Gasteiger partial charge is 0.255 e. The third kappa shape index (κ3) is 5.61. The molecule has 0 radical (unpaired) electrons. The van der Waals surface area contributed by atoms with Gasteiger partial charge in [0.05, 0.1) is 18.8 Å². The first-order valence-corrected chi connectivity index (χ1v) is 6.95. The van der Waals surface area contributed by atoms with Crippen molar-refractivity contribution >= 4 is 36.5 Å². The lowest BCUT2D eigenvalue weighted by Gasteiger charge is -2.29. The van der Waals surface area contributed by atoms with Gasteiger partial charge in [-0.25, -0.2) is 4.98 Å². The van der Waals surface area contributed by atoms with Gasteiger partial charge in [-0.2, -0.15) is 0 Å². The average Bonchev–Trinajstić information content (AvgIpc) is 2.53. The minimum absolute atomic E-state index is 0. The normalized spacial score (nSPS) is 15.3. The molecule has 1 atom stereocenters. The summed E-state index contributed by atoms with van der Waals surface area (Å²) in [4.78, 5) is 18.8. The average molecular weight is 351 g/mol. The lowest BCUT2D eigenvalue weighted by molar-refractivity contribution is 0.0948. The summed E-state index contributed by atoms with van der Waals surface area (Å²) in [6.07, 6.45) is 1.72. The Morgan fingerprint density at radius 3 is 2.73 bits per heavy atom. The van der Waals surface area contributed by atoms with Crippen LogP contribution < -0.4 is 15.5 Å². The van der Waals surface area contributed by atoms with Crippen LogP contribution in [-0.2, 0) is 4.74 Å². The molecule has 2 heterocycles. The molecule has 1 aromatic heterocycles. The number of anilines is 1. The zero-order chi connectivity index (χ0) is 14.4. The van der Waals surface area contributed by atoms with Crippen LogP contribution in [0.1, 0.15) is 17.3 Å². The predicted molar refractivity (Wildman–Crippen MR) is 92.6 cm³/mol. The van der Waals surface area contributed by atoms with Gasteiger partial charge >= 0.3 is 0 Å². The molecule has 6 nitrogen and oxygen atoms in total. The van der Waals surface area contributed by atoms with E-state index in [1.54, 1.807) is 12.3 Å². The Morgan fingerprint density at radius 2 is 2.09 bits per heavy atom. The summed E-state index contributed by atoms with van der Waals surface area (Å²) in [5.74, 6) is 0.659. The van der Waals surface area contributed by atoms with Crippen molar-refractivity contribution in [2.45, 2.75) is 13.0 Å². The van der Waals surface area contributed by atoms with Crippen molar-refractivity contribution in [2.75, 3.05) is 44.8 Å². The Morgan fingerprint density at radius 1 is 1.41 bits per heavy atom. The van der Waals surface area contributed by atoms with Crippen molar-refractivity contribution in [1.82, 2.24) is 15.6 Å². The van der Waals surface area contributed by atoms with Crippen LogP contribution in [0.2, 0.25) is 0 Å². The van der Waals surface area contributed by atoms with Crippen LogP contribution in [0.5, 0.6) is 0 Å². The molecule has 0 saturated carbocycles. The maximum absolute atomic E-state index is 12.3. The van der Waals surface area contributed by atoms with Crippen LogP contribution in [0.3, 0.4) is 0 Å². The fourth-order valence-corrected chi connectivity index (χ4v) is 2.04. The van der Waals surface area contributed by atoms with Crippen LogP contribution in [0.25, 0.3) is 0 Å². The van der Waals surface area contributed by atoms with Gasteiger partial charge in [0.1, 0.15) is 5.82 Å². The van der Waals surface area contributed by atoms with Crippen LogP contribution in [0.15, 0.2) is 18.3 Å². The summed E-state index contributed by atoms with van der Waals surface area (Å²) in [7, 11) is 1.88. The van der Waals surface area contributed by atoms with Gasteiger partial charge in [-0.1, -0.05) is 0 Å². The molecule has 0 aliphatic carbocycles. The molecule has 1 saturated heterocycles. The quantitative estimate of drug-likeness (QED) is 0.832. The number of carbonyl (C=O) groups is 1. The number of nitrogens with one attached hydrogen (secondary N) is 2. The van der Waals surface area contributed by atoms with Crippen LogP contribution in [-0.4, -0.2) is 56.8 Å². The maximum atomic E-state index is 12.3. The topological polar surface area (TPSA) is 66.5 Å². The summed E-state index contributed by atoms with van der Waals surface area (Å²) in [6.45, 7) is 5.50. The SMILES string of the molecule is CNC(C)CNC(=O)c1cccnc1N1CCOCC1.Cl.Cl. The van der Waals surface area contributed by atoms with E-state index in [-0.39, 0.29) is 36.8 Å². The first kappa shape index (κ1) is 20.9. The van der Waals surface area contributed by atoms with Gasteiger partial charge in [-0.15, -0.1) is 24.8 Å². The number of carbonyl (C=O) groups excluding carboxylic acids is 1. The lowest BCUT2D eigenvalue weighted by Crippen LogP contribution is -2.40. The van der Waals surface area contributed by atoms with E-state index in [0.717, 1.165) is 18.9 Å². The van der Waals surface area contributed by atoms with Crippen molar-refractivity contribution in [3.63, 3.8) is 0 Å². The molecule has 1 fully saturated rings. The van der Waals surface area contributed by atoms with Gasteiger partial charge in [0.25, 0.3) is 5.91 Å². The molecule has 0 bridgehead atoms. The Labute approximate surface area is 143 Å². The Hall–Kier alpha value is -1.08.